The first-order valence-corrected chi connectivity index (χ1v) is 4.52. The SMILES string of the molecule is O=C(O)C1=CC=CC1=C([O-])O.[Fe+2].c1cc[cH-]c1. The first kappa shape index (κ1) is 15.2. The van der Waals surface area contributed by atoms with Crippen molar-refractivity contribution < 1.29 is 37.2 Å². The molecule has 0 heterocycles. The fourth-order valence-corrected chi connectivity index (χ4v) is 1.11. The summed E-state index contributed by atoms with van der Waals surface area (Å²) >= 11 is 0. The summed E-state index contributed by atoms with van der Waals surface area (Å²) in [5, 5.41) is 27.2. The van der Waals surface area contributed by atoms with Crippen molar-refractivity contribution in [3.05, 3.63) is 65.7 Å². The van der Waals surface area contributed by atoms with Gasteiger partial charge in [0.2, 0.25) is 0 Å². The van der Waals surface area contributed by atoms with Crippen molar-refractivity contribution in [1.29, 1.82) is 0 Å². The van der Waals surface area contributed by atoms with E-state index in [0.29, 0.717) is 0 Å². The van der Waals surface area contributed by atoms with E-state index >= 15 is 0 Å². The third kappa shape index (κ3) is 4.68. The Hall–Kier alpha value is -1.84. The van der Waals surface area contributed by atoms with Crippen LogP contribution in [0.2, 0.25) is 0 Å². The van der Waals surface area contributed by atoms with E-state index in [0.717, 1.165) is 0 Å². The van der Waals surface area contributed by atoms with Crippen LogP contribution in [0.1, 0.15) is 0 Å². The number of rotatable bonds is 1. The van der Waals surface area contributed by atoms with Gasteiger partial charge >= 0.3 is 23.0 Å². The van der Waals surface area contributed by atoms with Crippen molar-refractivity contribution in [1.82, 2.24) is 0 Å². The molecule has 0 atom stereocenters. The minimum Gasteiger partial charge on any atom is -0.629 e. The molecule has 0 aromatic heterocycles. The van der Waals surface area contributed by atoms with Gasteiger partial charge in [-0.25, -0.2) is 16.9 Å². The molecule has 0 unspecified atom stereocenters. The third-order valence-corrected chi connectivity index (χ3v) is 1.83. The topological polar surface area (TPSA) is 80.6 Å². The number of carboxylic acids is 1. The predicted octanol–water partition coefficient (Wildman–Crippen LogP) is 1.10. The summed E-state index contributed by atoms with van der Waals surface area (Å²) in [5.74, 6) is -2.43. The molecule has 1 aromatic rings. The number of allylic oxidation sites excluding steroid dienone is 3. The second-order valence-corrected chi connectivity index (χ2v) is 2.93. The minimum absolute atomic E-state index is 0. The van der Waals surface area contributed by atoms with Gasteiger partial charge in [0.05, 0.1) is 11.5 Å². The molecule has 2 N–H and O–H groups in total. The average molecular weight is 274 g/mol. The van der Waals surface area contributed by atoms with E-state index in [1.165, 1.54) is 18.2 Å². The second-order valence-electron chi connectivity index (χ2n) is 2.93. The molecule has 1 aliphatic carbocycles. The molecule has 17 heavy (non-hydrogen) atoms. The maximum atomic E-state index is 10.3. The number of hydrogen-bond donors (Lipinski definition) is 2. The number of carboxylic acid groups (broad SMARTS) is 1. The minimum atomic E-state index is -1.22. The van der Waals surface area contributed by atoms with E-state index in [2.05, 4.69) is 0 Å². The van der Waals surface area contributed by atoms with Crippen LogP contribution in [0.5, 0.6) is 0 Å². The van der Waals surface area contributed by atoms with Crippen LogP contribution in [0, 0.1) is 0 Å². The Morgan fingerprint density at radius 3 is 2.12 bits per heavy atom. The first-order valence-electron chi connectivity index (χ1n) is 4.52. The van der Waals surface area contributed by atoms with Crippen LogP contribution < -0.4 is 5.11 Å². The summed E-state index contributed by atoms with van der Waals surface area (Å²) in [7, 11) is 0. The molecule has 0 fully saturated rings. The van der Waals surface area contributed by atoms with Gasteiger partial charge in [0.1, 0.15) is 0 Å². The fourth-order valence-electron chi connectivity index (χ4n) is 1.11. The number of aliphatic carboxylic acids is 1. The smallest absolute Gasteiger partial charge is 0.629 e. The van der Waals surface area contributed by atoms with E-state index in [1.54, 1.807) is 0 Å². The van der Waals surface area contributed by atoms with Crippen LogP contribution in [0.25, 0.3) is 0 Å². The quantitative estimate of drug-likeness (QED) is 0.456. The number of carbonyl (C=O) groups is 1. The van der Waals surface area contributed by atoms with E-state index < -0.39 is 11.9 Å². The van der Waals surface area contributed by atoms with Crippen molar-refractivity contribution in [3.63, 3.8) is 0 Å². The van der Waals surface area contributed by atoms with Crippen molar-refractivity contribution in [2.45, 2.75) is 0 Å². The second kappa shape index (κ2) is 7.44. The fraction of sp³-hybridized carbons (Fsp3) is 0. The van der Waals surface area contributed by atoms with Gasteiger partial charge in [-0.3, -0.25) is 0 Å². The molecule has 4 nitrogen and oxygen atoms in total. The molecule has 5 heteroatoms. The molecule has 0 radical (unpaired) electrons. The van der Waals surface area contributed by atoms with Crippen molar-refractivity contribution in [2.75, 3.05) is 0 Å². The largest absolute Gasteiger partial charge is 2.00 e. The number of aliphatic hydroxyl groups excluding tert-OH is 1. The summed E-state index contributed by atoms with van der Waals surface area (Å²) in [6.45, 7) is 0. The van der Waals surface area contributed by atoms with Gasteiger partial charge < -0.3 is 15.3 Å². The zero-order chi connectivity index (χ0) is 12.0. The number of aliphatic hydroxyl groups is 1. The summed E-state index contributed by atoms with van der Waals surface area (Å²) < 4.78 is 0. The van der Waals surface area contributed by atoms with Crippen LogP contribution in [-0.2, 0) is 21.9 Å². The summed E-state index contributed by atoms with van der Waals surface area (Å²) in [5.41, 5.74) is -0.338. The first-order chi connectivity index (χ1) is 7.63. The Labute approximate surface area is 109 Å². The van der Waals surface area contributed by atoms with Crippen LogP contribution >= 0.6 is 0 Å². The van der Waals surface area contributed by atoms with E-state index in [9.17, 15) is 9.90 Å². The van der Waals surface area contributed by atoms with Crippen molar-refractivity contribution in [3.8, 4) is 0 Å². The molecule has 0 saturated heterocycles. The monoisotopic (exact) mass is 274 g/mol. The molecule has 90 valence electrons. The van der Waals surface area contributed by atoms with Gasteiger partial charge in [0.25, 0.3) is 0 Å². The predicted molar refractivity (Wildman–Crippen MR) is 56.5 cm³/mol. The van der Waals surface area contributed by atoms with Crippen molar-refractivity contribution >= 4 is 5.97 Å². The molecule has 0 amide bonds. The average Bonchev–Trinajstić information content (AvgIpc) is 2.92. The zero-order valence-electron chi connectivity index (χ0n) is 8.68. The zero-order valence-corrected chi connectivity index (χ0v) is 9.79. The maximum Gasteiger partial charge on any atom is 2.00 e. The molecule has 0 aliphatic heterocycles. The summed E-state index contributed by atoms with van der Waals surface area (Å²) in [6, 6.07) is 10.0. The molecule has 2 rings (SSSR count). The third-order valence-electron chi connectivity index (χ3n) is 1.83. The van der Waals surface area contributed by atoms with Crippen LogP contribution in [-0.4, -0.2) is 16.2 Å². The van der Waals surface area contributed by atoms with Gasteiger partial charge in [-0.2, -0.15) is 18.2 Å². The maximum absolute atomic E-state index is 10.3. The van der Waals surface area contributed by atoms with Gasteiger partial charge in [-0.05, 0) is 6.08 Å². The summed E-state index contributed by atoms with van der Waals surface area (Å²) in [6.07, 6.45) is 3.91. The van der Waals surface area contributed by atoms with Gasteiger partial charge in [-0.15, -0.1) is 0 Å². The van der Waals surface area contributed by atoms with Gasteiger partial charge in [-0.1, -0.05) is 12.2 Å². The van der Waals surface area contributed by atoms with E-state index in [4.69, 9.17) is 10.2 Å². The molecule has 0 bridgehead atoms. The Balaban J connectivity index is 0.000000360. The molecule has 1 aliphatic rings. The van der Waals surface area contributed by atoms with Gasteiger partial charge in [0.15, 0.2) is 0 Å². The van der Waals surface area contributed by atoms with E-state index in [1.807, 2.05) is 30.3 Å². The van der Waals surface area contributed by atoms with Gasteiger partial charge in [0, 0.05) is 5.57 Å². The molecule has 1 aromatic carbocycles. The Morgan fingerprint density at radius 2 is 1.82 bits per heavy atom. The molecular weight excluding hydrogens is 264 g/mol. The molecule has 0 spiro atoms. The standard InChI is InChI=1S/C7H6O4.C5H5.Fe/c8-6(9)4-2-1-3-5(4)7(10)11;1-2-4-5-3-1;/h1-3,8-9H,(H,10,11);1-5H;/q;-1;+2/p-1. The van der Waals surface area contributed by atoms with Crippen molar-refractivity contribution in [2.24, 2.45) is 0 Å². The van der Waals surface area contributed by atoms with Crippen LogP contribution in [0.3, 0.4) is 0 Å². The van der Waals surface area contributed by atoms with Crippen LogP contribution in [0.15, 0.2) is 65.7 Å². The Kier molecular flexibility index (Phi) is 6.63. The van der Waals surface area contributed by atoms with E-state index in [-0.39, 0.29) is 28.2 Å². The molecule has 0 saturated carbocycles. The Morgan fingerprint density at radius 1 is 1.24 bits per heavy atom. The Bertz CT molecular complexity index is 420. The number of hydrogen-bond acceptors (Lipinski definition) is 3. The van der Waals surface area contributed by atoms with Crippen LogP contribution in [0.4, 0.5) is 0 Å². The summed E-state index contributed by atoms with van der Waals surface area (Å²) in [4.78, 5) is 10.3. The normalized spacial score (nSPS) is 15.2. The molecular formula is C12H10FeO4.